The number of carbonyl (C=O) groups is 1. The van der Waals surface area contributed by atoms with Crippen LogP contribution in [0.5, 0.6) is 5.75 Å². The number of hydrogen-bond donors (Lipinski definition) is 1. The fraction of sp³-hybridized carbons (Fsp3) is 0.154. The molecule has 0 saturated carbocycles. The van der Waals surface area contributed by atoms with Crippen LogP contribution >= 0.6 is 11.3 Å². The van der Waals surface area contributed by atoms with Crippen molar-refractivity contribution in [2.24, 2.45) is 5.73 Å². The van der Waals surface area contributed by atoms with Crippen molar-refractivity contribution in [2.75, 3.05) is 7.11 Å². The zero-order valence-electron chi connectivity index (χ0n) is 9.42. The molecular formula is C13H13NO2S. The second-order valence-corrected chi connectivity index (χ2v) is 4.57. The first kappa shape index (κ1) is 11.8. The predicted molar refractivity (Wildman–Crippen MR) is 68.6 cm³/mol. The van der Waals surface area contributed by atoms with Gasteiger partial charge in [0.2, 0.25) is 0 Å². The Balaban J connectivity index is 2.19. The molecule has 3 nitrogen and oxygen atoms in total. The Bertz CT molecular complexity index is 491. The van der Waals surface area contributed by atoms with Crippen LogP contribution in [-0.2, 0) is 0 Å². The summed E-state index contributed by atoms with van der Waals surface area (Å²) in [6, 6.07) is 10.2. The highest BCUT2D eigenvalue weighted by atomic mass is 32.1. The summed E-state index contributed by atoms with van der Waals surface area (Å²) in [5.41, 5.74) is 6.52. The molecule has 1 heterocycles. The maximum absolute atomic E-state index is 12.1. The molecule has 0 aliphatic carbocycles. The summed E-state index contributed by atoms with van der Waals surface area (Å²) in [5, 5.41) is 1.91. The van der Waals surface area contributed by atoms with Gasteiger partial charge in [0.25, 0.3) is 0 Å². The van der Waals surface area contributed by atoms with Crippen molar-refractivity contribution in [3.63, 3.8) is 0 Å². The molecule has 0 radical (unpaired) electrons. The van der Waals surface area contributed by atoms with E-state index in [-0.39, 0.29) is 5.78 Å². The molecule has 17 heavy (non-hydrogen) atoms. The third-order valence-electron chi connectivity index (χ3n) is 2.51. The van der Waals surface area contributed by atoms with Gasteiger partial charge >= 0.3 is 0 Å². The number of Topliss-reactive ketones (excluding diaryl/α,β-unsaturated/α-hetero) is 1. The molecule has 88 valence electrons. The van der Waals surface area contributed by atoms with Gasteiger partial charge in [-0.3, -0.25) is 4.79 Å². The van der Waals surface area contributed by atoms with Crippen molar-refractivity contribution in [1.29, 1.82) is 0 Å². The second-order valence-electron chi connectivity index (χ2n) is 3.59. The summed E-state index contributed by atoms with van der Waals surface area (Å²) in [6.07, 6.45) is 0. The van der Waals surface area contributed by atoms with Crippen LogP contribution in [0.4, 0.5) is 0 Å². The molecule has 0 fully saturated rings. The monoisotopic (exact) mass is 247 g/mol. The topological polar surface area (TPSA) is 52.3 Å². The first-order valence-corrected chi connectivity index (χ1v) is 6.07. The maximum Gasteiger partial charge on any atom is 0.184 e. The van der Waals surface area contributed by atoms with E-state index in [9.17, 15) is 4.79 Å². The SMILES string of the molecule is COc1ccc(C(=O)C(N)c2cccs2)cc1. The minimum atomic E-state index is -0.580. The lowest BCUT2D eigenvalue weighted by molar-refractivity contribution is 0.0962. The summed E-state index contributed by atoms with van der Waals surface area (Å²) >= 11 is 1.49. The molecular weight excluding hydrogens is 234 g/mol. The molecule has 4 heteroatoms. The molecule has 2 rings (SSSR count). The van der Waals surface area contributed by atoms with Crippen LogP contribution in [0.2, 0.25) is 0 Å². The lowest BCUT2D eigenvalue weighted by atomic mass is 10.0. The number of benzene rings is 1. The Labute approximate surface area is 104 Å². The van der Waals surface area contributed by atoms with E-state index in [1.54, 1.807) is 31.4 Å². The van der Waals surface area contributed by atoms with Gasteiger partial charge in [0.05, 0.1) is 7.11 Å². The quantitative estimate of drug-likeness (QED) is 0.845. The number of methoxy groups -OCH3 is 1. The Morgan fingerprint density at radius 1 is 1.29 bits per heavy atom. The van der Waals surface area contributed by atoms with Crippen LogP contribution in [0.3, 0.4) is 0 Å². The van der Waals surface area contributed by atoms with Gasteiger partial charge in [0, 0.05) is 10.4 Å². The Kier molecular flexibility index (Phi) is 3.56. The van der Waals surface area contributed by atoms with Crippen molar-refractivity contribution in [3.8, 4) is 5.75 Å². The molecule has 0 bridgehead atoms. The Morgan fingerprint density at radius 3 is 2.53 bits per heavy atom. The summed E-state index contributed by atoms with van der Waals surface area (Å²) in [5.74, 6) is 0.654. The van der Waals surface area contributed by atoms with Crippen LogP contribution in [0.25, 0.3) is 0 Å². The van der Waals surface area contributed by atoms with Crippen molar-refractivity contribution in [2.45, 2.75) is 6.04 Å². The summed E-state index contributed by atoms with van der Waals surface area (Å²) in [7, 11) is 1.59. The van der Waals surface area contributed by atoms with Gasteiger partial charge < -0.3 is 10.5 Å². The molecule has 1 aromatic carbocycles. The normalized spacial score (nSPS) is 12.1. The molecule has 0 amide bonds. The lowest BCUT2D eigenvalue weighted by Gasteiger charge is -2.08. The van der Waals surface area contributed by atoms with Gasteiger partial charge in [-0.25, -0.2) is 0 Å². The van der Waals surface area contributed by atoms with Gasteiger partial charge in [0.15, 0.2) is 5.78 Å². The van der Waals surface area contributed by atoms with E-state index < -0.39 is 6.04 Å². The third-order valence-corrected chi connectivity index (χ3v) is 3.46. The minimum absolute atomic E-state index is 0.0740. The number of ketones is 1. The number of rotatable bonds is 4. The Hall–Kier alpha value is -1.65. The van der Waals surface area contributed by atoms with Gasteiger partial charge in [-0.15, -0.1) is 11.3 Å². The second kappa shape index (κ2) is 5.12. The highest BCUT2D eigenvalue weighted by Crippen LogP contribution is 2.21. The molecule has 0 aliphatic heterocycles. The fourth-order valence-corrected chi connectivity index (χ4v) is 2.26. The zero-order chi connectivity index (χ0) is 12.3. The van der Waals surface area contributed by atoms with Gasteiger partial charge in [-0.2, -0.15) is 0 Å². The van der Waals surface area contributed by atoms with E-state index in [0.29, 0.717) is 5.56 Å². The van der Waals surface area contributed by atoms with E-state index >= 15 is 0 Å². The van der Waals surface area contributed by atoms with Crippen LogP contribution in [0, 0.1) is 0 Å². The third kappa shape index (κ3) is 2.54. The molecule has 2 N–H and O–H groups in total. The first-order valence-electron chi connectivity index (χ1n) is 5.19. The van der Waals surface area contributed by atoms with Crippen LogP contribution in [0.15, 0.2) is 41.8 Å². The summed E-state index contributed by atoms with van der Waals surface area (Å²) in [4.78, 5) is 13.0. The van der Waals surface area contributed by atoms with E-state index in [1.807, 2.05) is 17.5 Å². The molecule has 0 aliphatic rings. The molecule has 2 aromatic rings. The summed E-state index contributed by atoms with van der Waals surface area (Å²) < 4.78 is 5.04. The van der Waals surface area contributed by atoms with E-state index in [1.165, 1.54) is 11.3 Å². The van der Waals surface area contributed by atoms with Crippen molar-refractivity contribution in [3.05, 3.63) is 52.2 Å². The van der Waals surface area contributed by atoms with E-state index in [0.717, 1.165) is 10.6 Å². The number of hydrogen-bond acceptors (Lipinski definition) is 4. The van der Waals surface area contributed by atoms with E-state index in [4.69, 9.17) is 10.5 Å². The largest absolute Gasteiger partial charge is 0.497 e. The van der Waals surface area contributed by atoms with Gasteiger partial charge in [-0.05, 0) is 35.7 Å². The average Bonchev–Trinajstić information content (AvgIpc) is 2.91. The molecule has 0 spiro atoms. The number of thiophene rings is 1. The van der Waals surface area contributed by atoms with Gasteiger partial charge in [0.1, 0.15) is 11.8 Å². The maximum atomic E-state index is 12.1. The molecule has 1 unspecified atom stereocenters. The predicted octanol–water partition coefficient (Wildman–Crippen LogP) is 2.64. The molecule has 1 aromatic heterocycles. The number of ether oxygens (including phenoxy) is 1. The first-order chi connectivity index (χ1) is 8.22. The summed E-state index contributed by atoms with van der Waals surface area (Å²) in [6.45, 7) is 0. The Morgan fingerprint density at radius 2 is 2.00 bits per heavy atom. The van der Waals surface area contributed by atoms with Crippen molar-refractivity contribution >= 4 is 17.1 Å². The van der Waals surface area contributed by atoms with E-state index in [2.05, 4.69) is 0 Å². The fourth-order valence-electron chi connectivity index (χ4n) is 1.53. The number of carbonyl (C=O) groups excluding carboxylic acids is 1. The highest BCUT2D eigenvalue weighted by Gasteiger charge is 2.18. The smallest absolute Gasteiger partial charge is 0.184 e. The molecule has 1 atom stereocenters. The lowest BCUT2D eigenvalue weighted by Crippen LogP contribution is -2.20. The van der Waals surface area contributed by atoms with Crippen LogP contribution in [0.1, 0.15) is 21.3 Å². The standard InChI is InChI=1S/C13H13NO2S/c1-16-10-6-4-9(5-7-10)13(15)12(14)11-3-2-8-17-11/h2-8,12H,14H2,1H3. The van der Waals surface area contributed by atoms with Crippen LogP contribution in [-0.4, -0.2) is 12.9 Å². The highest BCUT2D eigenvalue weighted by molar-refractivity contribution is 7.10. The average molecular weight is 247 g/mol. The number of nitrogens with two attached hydrogens (primary N) is 1. The van der Waals surface area contributed by atoms with Crippen LogP contribution < -0.4 is 10.5 Å². The zero-order valence-corrected chi connectivity index (χ0v) is 10.2. The van der Waals surface area contributed by atoms with Crippen molar-refractivity contribution < 1.29 is 9.53 Å². The van der Waals surface area contributed by atoms with Gasteiger partial charge in [-0.1, -0.05) is 6.07 Å². The van der Waals surface area contributed by atoms with Crippen molar-refractivity contribution in [1.82, 2.24) is 0 Å². The minimum Gasteiger partial charge on any atom is -0.497 e. The molecule has 0 saturated heterocycles.